The van der Waals surface area contributed by atoms with Crippen molar-refractivity contribution in [3.8, 4) is 0 Å². The van der Waals surface area contributed by atoms with E-state index in [-0.39, 0.29) is 17.0 Å². The van der Waals surface area contributed by atoms with Gasteiger partial charge in [0.1, 0.15) is 48.5 Å². The van der Waals surface area contributed by atoms with Gasteiger partial charge in [-0.1, -0.05) is 0 Å². The van der Waals surface area contributed by atoms with Crippen molar-refractivity contribution < 1.29 is 89.7 Å². The standard InChI is InChI=1S/C19H27N7O21P4/c20-15-10-16(22-5-21-15)26(6-23-10)18-14(31)12(29)8(44-18)4-42-49(35,36)46-51(39,40)47-50(37,38)45-48(33,34)41-3-7-11(28)13(30)17(43-7)25-2-1-9(27)24-19(25)32/h1-2,5-8,11-14,17-18,28-31H,3-4H2,(H,33,34)(H,35,36)(H,37,38)(H,39,40)(H2,20,21,22)(H,24,27,32)/t7-,8-,11?,12+,13+,14?,17-,18-/m1/s1. The van der Waals surface area contributed by atoms with Crippen LogP contribution in [0.2, 0.25) is 0 Å². The molecule has 6 unspecified atom stereocenters. The number of anilines is 1. The number of aliphatic hydroxyl groups excluding tert-OH is 4. The third-order valence-corrected chi connectivity index (χ3v) is 12.8. The Kier molecular flexibility index (Phi) is 11.4. The number of hydrogen-bond donors (Lipinski definition) is 10. The van der Waals surface area contributed by atoms with Gasteiger partial charge in [0, 0.05) is 12.3 Å². The number of hydrogen-bond acceptors (Lipinski definition) is 21. The molecule has 0 radical (unpaired) electrons. The molecular weight excluding hydrogens is 786 g/mol. The molecule has 5 heterocycles. The molecule has 11 N–H and O–H groups in total. The van der Waals surface area contributed by atoms with Gasteiger partial charge in [0.25, 0.3) is 5.56 Å². The lowest BCUT2D eigenvalue weighted by Crippen LogP contribution is -2.37. The van der Waals surface area contributed by atoms with Gasteiger partial charge in [-0.3, -0.25) is 28.0 Å². The van der Waals surface area contributed by atoms with E-state index in [2.05, 4.69) is 36.9 Å². The van der Waals surface area contributed by atoms with E-state index in [1.54, 1.807) is 0 Å². The quantitative estimate of drug-likeness (QED) is 0.0712. The number of rotatable bonds is 14. The predicted molar refractivity (Wildman–Crippen MR) is 157 cm³/mol. The van der Waals surface area contributed by atoms with E-state index in [1.807, 2.05) is 4.98 Å². The summed E-state index contributed by atoms with van der Waals surface area (Å²) >= 11 is 0. The zero-order valence-electron chi connectivity index (χ0n) is 24.8. The van der Waals surface area contributed by atoms with Gasteiger partial charge in [-0.25, -0.2) is 38.0 Å². The highest BCUT2D eigenvalue weighted by Gasteiger charge is 2.50. The average Bonchev–Trinajstić information content (AvgIpc) is 3.64. The van der Waals surface area contributed by atoms with Gasteiger partial charge in [-0.05, 0) is 0 Å². The highest BCUT2D eigenvalue weighted by Crippen LogP contribution is 2.71. The molecule has 3 aromatic rings. The molecule has 12 atom stereocenters. The molecule has 284 valence electrons. The summed E-state index contributed by atoms with van der Waals surface area (Å²) < 4.78 is 82.0. The number of aliphatic hydroxyl groups is 4. The summed E-state index contributed by atoms with van der Waals surface area (Å²) in [5.41, 5.74) is 4.02. The third kappa shape index (κ3) is 9.12. The van der Waals surface area contributed by atoms with Crippen LogP contribution in [0, 0.1) is 0 Å². The Morgan fingerprint density at radius 3 is 1.75 bits per heavy atom. The first-order valence-corrected chi connectivity index (χ1v) is 19.6. The lowest BCUT2D eigenvalue weighted by atomic mass is 10.1. The van der Waals surface area contributed by atoms with Crippen LogP contribution in [-0.4, -0.2) is 119 Å². The fourth-order valence-corrected chi connectivity index (χ4v) is 9.63. The summed E-state index contributed by atoms with van der Waals surface area (Å²) in [5, 5.41) is 41.2. The van der Waals surface area contributed by atoms with E-state index in [4.69, 9.17) is 15.2 Å². The monoisotopic (exact) mass is 813 g/mol. The molecule has 2 aliphatic rings. The molecule has 0 spiro atoms. The summed E-state index contributed by atoms with van der Waals surface area (Å²) in [6, 6.07) is 0.876. The van der Waals surface area contributed by atoms with Gasteiger partial charge in [0.2, 0.25) is 0 Å². The second-order valence-electron chi connectivity index (χ2n) is 10.4. The van der Waals surface area contributed by atoms with Crippen molar-refractivity contribution in [1.82, 2.24) is 29.1 Å². The number of fused-ring (bicyclic) bond motifs is 1. The Morgan fingerprint density at radius 2 is 1.24 bits per heavy atom. The van der Waals surface area contributed by atoms with Crippen LogP contribution >= 0.6 is 31.3 Å². The average molecular weight is 813 g/mol. The lowest BCUT2D eigenvalue weighted by molar-refractivity contribution is -0.0542. The van der Waals surface area contributed by atoms with E-state index >= 15 is 0 Å². The molecule has 0 aliphatic carbocycles. The summed E-state index contributed by atoms with van der Waals surface area (Å²) in [6.07, 6.45) is -10.6. The fraction of sp³-hybridized carbons (Fsp3) is 0.526. The van der Waals surface area contributed by atoms with Crippen LogP contribution < -0.4 is 17.0 Å². The molecule has 0 aromatic carbocycles. The number of nitrogen functional groups attached to an aromatic ring is 1. The normalized spacial score (nSPS) is 31.5. The van der Waals surface area contributed by atoms with Crippen LogP contribution in [0.1, 0.15) is 12.5 Å². The number of nitrogens with two attached hydrogens (primary N) is 1. The van der Waals surface area contributed by atoms with E-state index in [1.165, 1.54) is 0 Å². The third-order valence-electron chi connectivity index (χ3n) is 6.88. The number of imidazole rings is 1. The molecule has 2 saturated heterocycles. The Bertz CT molecular complexity index is 2080. The Morgan fingerprint density at radius 1 is 0.745 bits per heavy atom. The van der Waals surface area contributed by atoms with Crippen molar-refractivity contribution in [1.29, 1.82) is 0 Å². The van der Waals surface area contributed by atoms with Crippen LogP contribution in [0.3, 0.4) is 0 Å². The highest BCUT2D eigenvalue weighted by atomic mass is 31.3. The van der Waals surface area contributed by atoms with E-state index in [9.17, 15) is 67.8 Å². The molecule has 2 aliphatic heterocycles. The van der Waals surface area contributed by atoms with Crippen LogP contribution in [-0.2, 0) is 49.7 Å². The minimum atomic E-state index is -6.22. The van der Waals surface area contributed by atoms with Gasteiger partial charge < -0.3 is 55.2 Å². The summed E-state index contributed by atoms with van der Waals surface area (Å²) in [6.45, 7) is -2.32. The maximum absolute atomic E-state index is 12.4. The number of nitrogens with zero attached hydrogens (tertiary/aromatic N) is 5. The summed E-state index contributed by atoms with van der Waals surface area (Å²) in [7, 11) is -24.0. The highest BCUT2D eigenvalue weighted by molar-refractivity contribution is 7.69. The SMILES string of the molecule is Nc1ncnc2c1ncn2[C@@H]1O[C@H](COP(=O)(O)OP(=O)(O)OP(=O)(O)OP(=O)(O)OC[C@H]2O[C@@H](n3ccc(=O)[nH]c3=O)[C@@H](O)C2O)[C@H](O)C1O. The van der Waals surface area contributed by atoms with Gasteiger partial charge in [0.05, 0.1) is 19.5 Å². The van der Waals surface area contributed by atoms with Gasteiger partial charge in [-0.15, -0.1) is 0 Å². The van der Waals surface area contributed by atoms with Gasteiger partial charge in [-0.2, -0.15) is 12.9 Å². The largest absolute Gasteiger partial charge is 0.490 e. The van der Waals surface area contributed by atoms with E-state index in [0.29, 0.717) is 4.57 Å². The Hall–Kier alpha value is -2.65. The number of nitrogens with one attached hydrogen (secondary N) is 1. The van der Waals surface area contributed by atoms with Crippen LogP contribution in [0.25, 0.3) is 11.2 Å². The first-order valence-electron chi connectivity index (χ1n) is 13.6. The maximum Gasteiger partial charge on any atom is 0.490 e. The maximum atomic E-state index is 12.4. The first kappa shape index (κ1) is 39.6. The number of aromatic nitrogens is 6. The molecule has 2 fully saturated rings. The molecule has 0 saturated carbocycles. The second kappa shape index (κ2) is 14.6. The number of H-pyrrole nitrogens is 1. The predicted octanol–water partition coefficient (Wildman–Crippen LogP) is -3.32. The van der Waals surface area contributed by atoms with E-state index < -0.39 is 105 Å². The van der Waals surface area contributed by atoms with Gasteiger partial charge >= 0.3 is 37.0 Å². The second-order valence-corrected chi connectivity index (χ2v) is 16.6. The van der Waals surface area contributed by atoms with Gasteiger partial charge in [0.15, 0.2) is 23.9 Å². The smallest absolute Gasteiger partial charge is 0.387 e. The van der Waals surface area contributed by atoms with Crippen LogP contribution in [0.15, 0.2) is 34.5 Å². The number of aromatic amines is 1. The Labute approximate surface area is 281 Å². The van der Waals surface area contributed by atoms with Crippen LogP contribution in [0.5, 0.6) is 0 Å². The molecule has 3 aromatic heterocycles. The summed E-state index contributed by atoms with van der Waals surface area (Å²) in [5.74, 6) is -0.0228. The molecule has 5 rings (SSSR count). The fourth-order valence-electron chi connectivity index (χ4n) is 4.68. The minimum absolute atomic E-state index is 0.0228. The van der Waals surface area contributed by atoms with E-state index in [0.717, 1.165) is 29.5 Å². The molecule has 0 bridgehead atoms. The van der Waals surface area contributed by atoms with Crippen molar-refractivity contribution in [2.75, 3.05) is 18.9 Å². The zero-order chi connectivity index (χ0) is 37.7. The number of ether oxygens (including phenoxy) is 2. The van der Waals surface area contributed by atoms with Crippen molar-refractivity contribution >= 4 is 48.3 Å². The van der Waals surface area contributed by atoms with Crippen molar-refractivity contribution in [2.24, 2.45) is 0 Å². The number of phosphoric acid groups is 4. The molecule has 32 heteroatoms. The van der Waals surface area contributed by atoms with Crippen LogP contribution in [0.4, 0.5) is 5.82 Å². The lowest BCUT2D eigenvalue weighted by Gasteiger charge is -2.21. The number of phosphoric ester groups is 2. The summed E-state index contributed by atoms with van der Waals surface area (Å²) in [4.78, 5) is 76.1. The van der Waals surface area contributed by atoms with Crippen molar-refractivity contribution in [3.63, 3.8) is 0 Å². The molecule has 51 heavy (non-hydrogen) atoms. The topological polar surface area (TPSA) is 419 Å². The van der Waals surface area contributed by atoms with Crippen molar-refractivity contribution in [2.45, 2.75) is 49.1 Å². The molecule has 0 amide bonds. The first-order chi connectivity index (χ1) is 23.6. The minimum Gasteiger partial charge on any atom is -0.387 e. The Balaban J connectivity index is 1.14. The van der Waals surface area contributed by atoms with Crippen molar-refractivity contribution in [3.05, 3.63) is 45.8 Å². The zero-order valence-corrected chi connectivity index (χ0v) is 28.4. The molecular formula is C19H27N7O21P4. The molecule has 28 nitrogen and oxygen atoms in total.